The number of benzene rings is 2. The van der Waals surface area contributed by atoms with Crippen LogP contribution in [0.2, 0.25) is 10.0 Å². The largest absolute Gasteiger partial charge is 0.483 e. The van der Waals surface area contributed by atoms with Gasteiger partial charge in [0.05, 0.1) is 15.7 Å². The fraction of sp³-hybridized carbons (Fsp3) is 0.0667. The molecule has 0 unspecified atom stereocenters. The molecule has 0 heterocycles. The standard InChI is InChI=1S/C15H11BrCl2N2O2/c16-12-3-1-2-4-14(12)22-9-15(21)20-19-8-10-5-6-11(17)7-13(10)18/h1-8H,9H2,(H,20,21)/b19-8+. The van der Waals surface area contributed by atoms with Gasteiger partial charge in [-0.05, 0) is 40.2 Å². The van der Waals surface area contributed by atoms with E-state index in [0.29, 0.717) is 21.4 Å². The van der Waals surface area contributed by atoms with E-state index in [1.165, 1.54) is 6.21 Å². The number of para-hydroxylation sites is 1. The molecule has 0 spiro atoms. The van der Waals surface area contributed by atoms with Crippen LogP contribution in [0.4, 0.5) is 0 Å². The van der Waals surface area contributed by atoms with E-state index in [0.717, 1.165) is 4.47 Å². The number of halogens is 3. The number of rotatable bonds is 5. The first-order valence-electron chi connectivity index (χ1n) is 6.20. The van der Waals surface area contributed by atoms with Crippen LogP contribution in [0.3, 0.4) is 0 Å². The molecule has 2 rings (SSSR count). The summed E-state index contributed by atoms with van der Waals surface area (Å²) in [6, 6.07) is 12.3. The van der Waals surface area contributed by atoms with Gasteiger partial charge in [-0.15, -0.1) is 0 Å². The van der Waals surface area contributed by atoms with Crippen LogP contribution in [0, 0.1) is 0 Å². The van der Waals surface area contributed by atoms with E-state index in [-0.39, 0.29) is 12.5 Å². The monoisotopic (exact) mass is 400 g/mol. The summed E-state index contributed by atoms with van der Waals surface area (Å²) in [6.07, 6.45) is 1.44. The molecule has 4 nitrogen and oxygen atoms in total. The van der Waals surface area contributed by atoms with Crippen LogP contribution in [-0.4, -0.2) is 18.7 Å². The van der Waals surface area contributed by atoms with Crippen LogP contribution in [0.5, 0.6) is 5.75 Å². The highest BCUT2D eigenvalue weighted by Gasteiger charge is 2.04. The van der Waals surface area contributed by atoms with Crippen molar-refractivity contribution < 1.29 is 9.53 Å². The molecule has 0 aliphatic carbocycles. The minimum atomic E-state index is -0.378. The maximum Gasteiger partial charge on any atom is 0.277 e. The van der Waals surface area contributed by atoms with Crippen molar-refractivity contribution in [2.24, 2.45) is 5.10 Å². The Morgan fingerprint density at radius 3 is 2.77 bits per heavy atom. The van der Waals surface area contributed by atoms with Crippen molar-refractivity contribution in [1.29, 1.82) is 0 Å². The van der Waals surface area contributed by atoms with Crippen molar-refractivity contribution in [2.45, 2.75) is 0 Å². The highest BCUT2D eigenvalue weighted by molar-refractivity contribution is 9.10. The Hall–Kier alpha value is -1.56. The summed E-state index contributed by atoms with van der Waals surface area (Å²) < 4.78 is 6.14. The van der Waals surface area contributed by atoms with Crippen LogP contribution in [-0.2, 0) is 4.79 Å². The van der Waals surface area contributed by atoms with Crippen LogP contribution < -0.4 is 10.2 Å². The number of amides is 1. The van der Waals surface area contributed by atoms with E-state index in [9.17, 15) is 4.79 Å². The normalized spacial score (nSPS) is 10.7. The first kappa shape index (κ1) is 16.8. The van der Waals surface area contributed by atoms with Gasteiger partial charge >= 0.3 is 0 Å². The molecular formula is C15H11BrCl2N2O2. The molecule has 0 fully saturated rings. The molecule has 2 aromatic rings. The molecule has 0 aliphatic rings. The van der Waals surface area contributed by atoms with Crippen molar-refractivity contribution in [3.63, 3.8) is 0 Å². The van der Waals surface area contributed by atoms with E-state index in [1.807, 2.05) is 18.2 Å². The van der Waals surface area contributed by atoms with Gasteiger partial charge < -0.3 is 4.74 Å². The van der Waals surface area contributed by atoms with Gasteiger partial charge in [0.1, 0.15) is 5.75 Å². The molecule has 1 N–H and O–H groups in total. The minimum absolute atomic E-state index is 0.145. The summed E-state index contributed by atoms with van der Waals surface area (Å²) in [5.41, 5.74) is 3.01. The number of carbonyl (C=O) groups excluding carboxylic acids is 1. The summed E-state index contributed by atoms with van der Waals surface area (Å²) in [5, 5.41) is 4.81. The number of carbonyl (C=O) groups is 1. The van der Waals surface area contributed by atoms with Crippen molar-refractivity contribution in [1.82, 2.24) is 5.43 Å². The molecule has 0 bridgehead atoms. The van der Waals surface area contributed by atoms with E-state index >= 15 is 0 Å². The Bertz CT molecular complexity index is 708. The van der Waals surface area contributed by atoms with Gasteiger partial charge in [-0.1, -0.05) is 41.4 Å². The third-order valence-corrected chi connectivity index (χ3v) is 3.77. The summed E-state index contributed by atoms with van der Waals surface area (Å²) in [5.74, 6) is 0.208. The molecule has 0 aromatic heterocycles. The molecule has 22 heavy (non-hydrogen) atoms. The second-order valence-electron chi connectivity index (χ2n) is 4.18. The number of hydrogen-bond acceptors (Lipinski definition) is 3. The van der Waals surface area contributed by atoms with E-state index in [2.05, 4.69) is 26.5 Å². The zero-order chi connectivity index (χ0) is 15.9. The molecule has 0 radical (unpaired) electrons. The summed E-state index contributed by atoms with van der Waals surface area (Å²) >= 11 is 15.1. The molecule has 0 saturated carbocycles. The van der Waals surface area contributed by atoms with Gasteiger partial charge in [0.15, 0.2) is 6.61 Å². The molecule has 2 aromatic carbocycles. The molecular weight excluding hydrogens is 391 g/mol. The zero-order valence-corrected chi connectivity index (χ0v) is 14.3. The Morgan fingerprint density at radius 2 is 2.05 bits per heavy atom. The predicted octanol–water partition coefficient (Wildman–Crippen LogP) is 4.29. The van der Waals surface area contributed by atoms with Crippen molar-refractivity contribution >= 4 is 51.3 Å². The highest BCUT2D eigenvalue weighted by atomic mass is 79.9. The molecule has 114 valence electrons. The first-order chi connectivity index (χ1) is 10.6. The lowest BCUT2D eigenvalue weighted by Gasteiger charge is -2.06. The number of nitrogens with one attached hydrogen (secondary N) is 1. The minimum Gasteiger partial charge on any atom is -0.483 e. The lowest BCUT2D eigenvalue weighted by Crippen LogP contribution is -2.24. The average molecular weight is 402 g/mol. The first-order valence-corrected chi connectivity index (χ1v) is 7.75. The number of hydrazone groups is 1. The highest BCUT2D eigenvalue weighted by Crippen LogP contribution is 2.23. The van der Waals surface area contributed by atoms with Crippen LogP contribution in [0.1, 0.15) is 5.56 Å². The Morgan fingerprint density at radius 1 is 1.27 bits per heavy atom. The van der Waals surface area contributed by atoms with Crippen molar-refractivity contribution in [2.75, 3.05) is 6.61 Å². The van der Waals surface area contributed by atoms with Crippen LogP contribution >= 0.6 is 39.1 Å². The van der Waals surface area contributed by atoms with E-state index < -0.39 is 0 Å². The number of hydrogen-bond donors (Lipinski definition) is 1. The van der Waals surface area contributed by atoms with Gasteiger partial charge in [0.25, 0.3) is 5.91 Å². The van der Waals surface area contributed by atoms with E-state index in [1.54, 1.807) is 24.3 Å². The molecule has 0 aliphatic heterocycles. The van der Waals surface area contributed by atoms with Gasteiger partial charge in [-0.3, -0.25) is 4.79 Å². The smallest absolute Gasteiger partial charge is 0.277 e. The van der Waals surface area contributed by atoms with Crippen molar-refractivity contribution in [3.8, 4) is 5.75 Å². The number of ether oxygens (including phenoxy) is 1. The predicted molar refractivity (Wildman–Crippen MR) is 91.8 cm³/mol. The third-order valence-electron chi connectivity index (χ3n) is 2.55. The quantitative estimate of drug-likeness (QED) is 0.600. The fourth-order valence-electron chi connectivity index (χ4n) is 1.52. The average Bonchev–Trinajstić information content (AvgIpc) is 2.49. The number of nitrogens with zero attached hydrogens (tertiary/aromatic N) is 1. The van der Waals surface area contributed by atoms with E-state index in [4.69, 9.17) is 27.9 Å². The maximum absolute atomic E-state index is 11.6. The Balaban J connectivity index is 1.85. The summed E-state index contributed by atoms with van der Waals surface area (Å²) in [4.78, 5) is 11.6. The Labute approximate surface area is 146 Å². The van der Waals surface area contributed by atoms with Gasteiger partial charge in [0, 0.05) is 10.6 Å². The third kappa shape index (κ3) is 5.02. The topological polar surface area (TPSA) is 50.7 Å². The molecule has 0 saturated heterocycles. The van der Waals surface area contributed by atoms with Crippen LogP contribution in [0.15, 0.2) is 52.0 Å². The van der Waals surface area contributed by atoms with Gasteiger partial charge in [-0.2, -0.15) is 5.10 Å². The second-order valence-corrected chi connectivity index (χ2v) is 5.88. The molecule has 0 atom stereocenters. The molecule has 7 heteroatoms. The van der Waals surface area contributed by atoms with Crippen molar-refractivity contribution in [3.05, 3.63) is 62.5 Å². The second kappa shape index (κ2) is 8.17. The lowest BCUT2D eigenvalue weighted by molar-refractivity contribution is -0.123. The fourth-order valence-corrected chi connectivity index (χ4v) is 2.37. The zero-order valence-electron chi connectivity index (χ0n) is 11.2. The maximum atomic E-state index is 11.6. The lowest BCUT2D eigenvalue weighted by atomic mass is 10.2. The van der Waals surface area contributed by atoms with Gasteiger partial charge in [0.2, 0.25) is 0 Å². The van der Waals surface area contributed by atoms with Gasteiger partial charge in [-0.25, -0.2) is 5.43 Å². The summed E-state index contributed by atoms with van der Waals surface area (Å²) in [6.45, 7) is -0.145. The summed E-state index contributed by atoms with van der Waals surface area (Å²) in [7, 11) is 0. The molecule has 1 amide bonds. The Kier molecular flexibility index (Phi) is 6.24. The van der Waals surface area contributed by atoms with Crippen LogP contribution in [0.25, 0.3) is 0 Å². The SMILES string of the molecule is O=C(COc1ccccc1Br)N/N=C/c1ccc(Cl)cc1Cl.